The van der Waals surface area contributed by atoms with E-state index in [0.29, 0.717) is 17.3 Å². The highest BCUT2D eigenvalue weighted by Crippen LogP contribution is 2.25. The lowest BCUT2D eigenvalue weighted by atomic mass is 10.3. The van der Waals surface area contributed by atoms with Crippen molar-refractivity contribution in [3.05, 3.63) is 101 Å². The van der Waals surface area contributed by atoms with Crippen molar-refractivity contribution >= 4 is 22.8 Å². The Morgan fingerprint density at radius 1 is 0.767 bits per heavy atom. The second-order valence-corrected chi connectivity index (χ2v) is 6.79. The first kappa shape index (κ1) is 17.8. The van der Waals surface area contributed by atoms with Gasteiger partial charge in [0.1, 0.15) is 0 Å². The Labute approximate surface area is 172 Å². The van der Waals surface area contributed by atoms with Crippen LogP contribution in [0.2, 0.25) is 0 Å². The molecule has 0 spiro atoms. The van der Waals surface area contributed by atoms with Crippen LogP contribution in [0.4, 0.5) is 11.6 Å². The maximum absolute atomic E-state index is 13.5. The molecule has 30 heavy (non-hydrogen) atoms. The van der Waals surface area contributed by atoms with Crippen molar-refractivity contribution in [2.45, 2.75) is 0 Å². The van der Waals surface area contributed by atoms with E-state index in [1.54, 1.807) is 9.25 Å². The second kappa shape index (κ2) is 7.29. The molecule has 0 saturated carbocycles. The highest BCUT2D eigenvalue weighted by atomic mass is 16.1. The Balaban J connectivity index is 1.82. The highest BCUT2D eigenvalue weighted by molar-refractivity contribution is 5.74. The molecule has 2 aromatic heterocycles. The Kier molecular flexibility index (Phi) is 4.33. The van der Waals surface area contributed by atoms with Crippen LogP contribution in [-0.4, -0.2) is 31.6 Å². The fourth-order valence-electron chi connectivity index (χ4n) is 3.40. The molecule has 146 valence electrons. The van der Waals surface area contributed by atoms with E-state index in [2.05, 4.69) is 10.3 Å². The predicted molar refractivity (Wildman–Crippen MR) is 117 cm³/mol. The molecule has 7 nitrogen and oxygen atoms in total. The van der Waals surface area contributed by atoms with Crippen LogP contribution in [-0.2, 0) is 0 Å². The van der Waals surface area contributed by atoms with Gasteiger partial charge >= 0.3 is 0 Å². The Morgan fingerprint density at radius 3 is 1.97 bits per heavy atom. The molecule has 0 amide bonds. The average molecular weight is 394 g/mol. The monoisotopic (exact) mass is 394 g/mol. The highest BCUT2D eigenvalue weighted by Gasteiger charge is 2.21. The summed E-state index contributed by atoms with van der Waals surface area (Å²) in [6.07, 6.45) is 0. The zero-order chi connectivity index (χ0) is 20.5. The molecule has 0 bridgehead atoms. The number of anilines is 2. The van der Waals surface area contributed by atoms with Gasteiger partial charge in [-0.3, -0.25) is 4.79 Å². The molecule has 0 aliphatic rings. The molecule has 2 heterocycles. The van der Waals surface area contributed by atoms with E-state index in [-0.39, 0.29) is 11.1 Å². The third kappa shape index (κ3) is 2.93. The summed E-state index contributed by atoms with van der Waals surface area (Å²) in [6, 6.07) is 28.8. The van der Waals surface area contributed by atoms with Gasteiger partial charge < -0.3 is 4.90 Å². The van der Waals surface area contributed by atoms with Gasteiger partial charge in [0.15, 0.2) is 11.2 Å². The van der Waals surface area contributed by atoms with Gasteiger partial charge in [0, 0.05) is 12.7 Å². The SMILES string of the molecule is CN(c1ccccc1)c1nc2c(nnn2-c2ccccc2)c(=O)n1-c1ccccc1. The zero-order valence-electron chi connectivity index (χ0n) is 16.3. The average Bonchev–Trinajstić information content (AvgIpc) is 3.25. The number of nitrogens with zero attached hydrogens (tertiary/aromatic N) is 6. The molecule has 0 saturated heterocycles. The minimum Gasteiger partial charge on any atom is -0.315 e. The first-order valence-electron chi connectivity index (χ1n) is 9.52. The maximum Gasteiger partial charge on any atom is 0.289 e. The van der Waals surface area contributed by atoms with E-state index in [0.717, 1.165) is 11.4 Å². The molecule has 0 radical (unpaired) electrons. The molecule has 7 heteroatoms. The number of hydrogen-bond acceptors (Lipinski definition) is 5. The van der Waals surface area contributed by atoms with Gasteiger partial charge in [-0.25, -0.2) is 4.57 Å². The lowest BCUT2D eigenvalue weighted by Gasteiger charge is -2.22. The largest absolute Gasteiger partial charge is 0.315 e. The summed E-state index contributed by atoms with van der Waals surface area (Å²) >= 11 is 0. The Bertz CT molecular complexity index is 1360. The summed E-state index contributed by atoms with van der Waals surface area (Å²) < 4.78 is 3.16. The van der Waals surface area contributed by atoms with Crippen molar-refractivity contribution in [2.75, 3.05) is 11.9 Å². The maximum atomic E-state index is 13.5. The van der Waals surface area contributed by atoms with E-state index in [9.17, 15) is 4.79 Å². The number of para-hydroxylation sites is 3. The van der Waals surface area contributed by atoms with Gasteiger partial charge in [-0.05, 0) is 36.4 Å². The van der Waals surface area contributed by atoms with Crippen molar-refractivity contribution in [1.82, 2.24) is 24.5 Å². The van der Waals surface area contributed by atoms with Crippen LogP contribution in [0.15, 0.2) is 95.8 Å². The first-order valence-corrected chi connectivity index (χ1v) is 9.52. The van der Waals surface area contributed by atoms with E-state index in [1.165, 1.54) is 0 Å². The third-order valence-corrected chi connectivity index (χ3v) is 4.92. The van der Waals surface area contributed by atoms with Crippen molar-refractivity contribution in [3.8, 4) is 11.4 Å². The number of aromatic nitrogens is 5. The van der Waals surface area contributed by atoms with E-state index >= 15 is 0 Å². The standard InChI is InChI=1S/C23H18N6O/c1-27(17-11-5-2-6-12-17)23-24-21-20(22(30)28(23)18-13-7-3-8-14-18)25-26-29(21)19-15-9-4-10-16-19/h2-16H,1H3. The van der Waals surface area contributed by atoms with Crippen LogP contribution in [0.3, 0.4) is 0 Å². The minimum absolute atomic E-state index is 0.216. The summed E-state index contributed by atoms with van der Waals surface area (Å²) in [5.74, 6) is 0.476. The minimum atomic E-state index is -0.272. The van der Waals surface area contributed by atoms with Crippen molar-refractivity contribution in [3.63, 3.8) is 0 Å². The van der Waals surface area contributed by atoms with E-state index in [1.807, 2.05) is 103 Å². The van der Waals surface area contributed by atoms with Gasteiger partial charge in [-0.15, -0.1) is 5.10 Å². The lowest BCUT2D eigenvalue weighted by Crippen LogP contribution is -2.27. The van der Waals surface area contributed by atoms with Gasteiger partial charge in [0.05, 0.1) is 11.4 Å². The van der Waals surface area contributed by atoms with Crippen LogP contribution in [0.1, 0.15) is 0 Å². The Morgan fingerprint density at radius 2 is 1.33 bits per heavy atom. The molecule has 3 aromatic carbocycles. The van der Waals surface area contributed by atoms with Crippen molar-refractivity contribution in [2.24, 2.45) is 0 Å². The molecule has 0 N–H and O–H groups in total. The number of hydrogen-bond donors (Lipinski definition) is 0. The van der Waals surface area contributed by atoms with Gasteiger partial charge in [0.25, 0.3) is 5.56 Å². The topological polar surface area (TPSA) is 68.8 Å². The molecule has 0 aliphatic carbocycles. The summed E-state index contributed by atoms with van der Waals surface area (Å²) in [6.45, 7) is 0. The van der Waals surface area contributed by atoms with Gasteiger partial charge in [-0.1, -0.05) is 59.8 Å². The quantitative estimate of drug-likeness (QED) is 0.465. The summed E-state index contributed by atoms with van der Waals surface area (Å²) in [7, 11) is 1.89. The molecule has 5 rings (SSSR count). The molecule has 0 unspecified atom stereocenters. The predicted octanol–water partition coefficient (Wildman–Crippen LogP) is 3.73. The molecular weight excluding hydrogens is 376 g/mol. The zero-order valence-corrected chi connectivity index (χ0v) is 16.3. The Hall–Kier alpha value is -4.26. The fourth-order valence-corrected chi connectivity index (χ4v) is 3.40. The van der Waals surface area contributed by atoms with Crippen LogP contribution >= 0.6 is 0 Å². The lowest BCUT2D eigenvalue weighted by molar-refractivity contribution is 0.816. The molecule has 0 atom stereocenters. The smallest absolute Gasteiger partial charge is 0.289 e. The van der Waals surface area contributed by atoms with Crippen LogP contribution in [0.25, 0.3) is 22.5 Å². The van der Waals surface area contributed by atoms with E-state index < -0.39 is 0 Å². The summed E-state index contributed by atoms with van der Waals surface area (Å²) in [5.41, 5.74) is 2.77. The molecule has 0 fully saturated rings. The first-order chi connectivity index (χ1) is 14.7. The second-order valence-electron chi connectivity index (χ2n) is 6.79. The third-order valence-electron chi connectivity index (χ3n) is 4.92. The number of fused-ring (bicyclic) bond motifs is 1. The van der Waals surface area contributed by atoms with Gasteiger partial charge in [-0.2, -0.15) is 9.67 Å². The van der Waals surface area contributed by atoms with Crippen LogP contribution in [0, 0.1) is 0 Å². The summed E-state index contributed by atoms with van der Waals surface area (Å²) in [4.78, 5) is 20.2. The van der Waals surface area contributed by atoms with Crippen LogP contribution in [0.5, 0.6) is 0 Å². The van der Waals surface area contributed by atoms with Crippen molar-refractivity contribution in [1.29, 1.82) is 0 Å². The summed E-state index contributed by atoms with van der Waals surface area (Å²) in [5, 5.41) is 8.36. The molecule has 5 aromatic rings. The number of benzene rings is 3. The fraction of sp³-hybridized carbons (Fsp3) is 0.0435. The number of rotatable bonds is 4. The molecular formula is C23H18N6O. The normalized spacial score (nSPS) is 11.0. The van der Waals surface area contributed by atoms with Crippen LogP contribution < -0.4 is 10.5 Å². The molecule has 0 aliphatic heterocycles. The van der Waals surface area contributed by atoms with Crippen molar-refractivity contribution < 1.29 is 0 Å². The van der Waals surface area contributed by atoms with E-state index in [4.69, 9.17) is 4.98 Å². The van der Waals surface area contributed by atoms with Gasteiger partial charge in [0.2, 0.25) is 5.95 Å².